The Kier molecular flexibility index (Phi) is 2.85. The summed E-state index contributed by atoms with van der Waals surface area (Å²) < 4.78 is 0. The highest BCUT2D eigenvalue weighted by Gasteiger charge is 2.51. The second kappa shape index (κ2) is 4.49. The van der Waals surface area contributed by atoms with Crippen molar-refractivity contribution in [1.29, 1.82) is 0 Å². The van der Waals surface area contributed by atoms with E-state index in [-0.39, 0.29) is 11.4 Å². The number of amides is 1. The summed E-state index contributed by atoms with van der Waals surface area (Å²) in [6.07, 6.45) is 7.70. The van der Waals surface area contributed by atoms with Crippen molar-refractivity contribution in [3.05, 3.63) is 34.9 Å². The second-order valence-electron chi connectivity index (χ2n) is 7.13. The van der Waals surface area contributed by atoms with Gasteiger partial charge >= 0.3 is 0 Å². The van der Waals surface area contributed by atoms with E-state index in [1.54, 1.807) is 6.07 Å². The van der Waals surface area contributed by atoms with E-state index in [0.717, 1.165) is 17.8 Å². The molecule has 4 bridgehead atoms. The number of carbonyl (C=O) groups excluding carboxylic acids is 1. The van der Waals surface area contributed by atoms with Gasteiger partial charge in [-0.15, -0.1) is 0 Å². The molecule has 5 rings (SSSR count). The summed E-state index contributed by atoms with van der Waals surface area (Å²) in [4.78, 5) is 12.6. The topological polar surface area (TPSA) is 29.1 Å². The summed E-state index contributed by atoms with van der Waals surface area (Å²) >= 11 is 6.14. The number of rotatable bonds is 2. The number of hydrogen-bond acceptors (Lipinski definition) is 1. The quantitative estimate of drug-likeness (QED) is 0.875. The summed E-state index contributed by atoms with van der Waals surface area (Å²) in [5.41, 5.74) is 0.676. The zero-order chi connectivity index (χ0) is 13.7. The van der Waals surface area contributed by atoms with Crippen LogP contribution in [0.15, 0.2) is 24.3 Å². The summed E-state index contributed by atoms with van der Waals surface area (Å²) in [6.45, 7) is 0. The molecular formula is C17H20ClNO. The molecule has 0 spiro atoms. The van der Waals surface area contributed by atoms with Crippen molar-refractivity contribution in [2.75, 3.05) is 0 Å². The molecule has 0 aromatic heterocycles. The fraction of sp³-hybridized carbons (Fsp3) is 0.588. The molecule has 1 N–H and O–H groups in total. The molecule has 2 nitrogen and oxygen atoms in total. The first kappa shape index (κ1) is 12.7. The number of hydrogen-bond donors (Lipinski definition) is 1. The number of carbonyl (C=O) groups is 1. The van der Waals surface area contributed by atoms with Crippen LogP contribution >= 0.6 is 11.6 Å². The third-order valence-corrected chi connectivity index (χ3v) is 5.87. The maximum Gasteiger partial charge on any atom is 0.253 e. The van der Waals surface area contributed by atoms with Gasteiger partial charge in [-0.2, -0.15) is 0 Å². The number of nitrogens with one attached hydrogen (secondary N) is 1. The highest BCUT2D eigenvalue weighted by Crippen LogP contribution is 2.55. The van der Waals surface area contributed by atoms with Crippen LogP contribution < -0.4 is 5.32 Å². The Morgan fingerprint density at radius 3 is 2.15 bits per heavy atom. The van der Waals surface area contributed by atoms with Gasteiger partial charge in [-0.05, 0) is 68.4 Å². The van der Waals surface area contributed by atoms with Gasteiger partial charge in [-0.3, -0.25) is 4.79 Å². The zero-order valence-electron chi connectivity index (χ0n) is 11.6. The Hall–Kier alpha value is -1.02. The van der Waals surface area contributed by atoms with Crippen molar-refractivity contribution in [1.82, 2.24) is 5.32 Å². The van der Waals surface area contributed by atoms with Crippen molar-refractivity contribution in [3.8, 4) is 0 Å². The Morgan fingerprint density at radius 2 is 1.60 bits per heavy atom. The van der Waals surface area contributed by atoms with Crippen molar-refractivity contribution < 1.29 is 4.79 Å². The van der Waals surface area contributed by atoms with Gasteiger partial charge in [0.2, 0.25) is 0 Å². The molecule has 0 unspecified atom stereocenters. The fourth-order valence-corrected chi connectivity index (χ4v) is 5.44. The van der Waals surface area contributed by atoms with Crippen molar-refractivity contribution >= 4 is 17.5 Å². The van der Waals surface area contributed by atoms with Gasteiger partial charge in [0.15, 0.2) is 0 Å². The van der Waals surface area contributed by atoms with Crippen LogP contribution in [0, 0.1) is 17.8 Å². The minimum absolute atomic E-state index is 0.0116. The van der Waals surface area contributed by atoms with Crippen LogP contribution in [0.25, 0.3) is 0 Å². The lowest BCUT2D eigenvalue weighted by molar-refractivity contribution is -0.0166. The lowest BCUT2D eigenvalue weighted by Gasteiger charge is -2.56. The molecular weight excluding hydrogens is 270 g/mol. The lowest BCUT2D eigenvalue weighted by atomic mass is 9.53. The molecule has 0 saturated heterocycles. The Labute approximate surface area is 124 Å². The minimum atomic E-state index is 0.0116. The molecule has 0 atom stereocenters. The summed E-state index contributed by atoms with van der Waals surface area (Å²) in [7, 11) is 0. The molecule has 0 aliphatic heterocycles. The average Bonchev–Trinajstić information content (AvgIpc) is 2.36. The standard InChI is InChI=1S/C17H20ClNO/c18-15-4-2-1-3-14(15)16(20)19-17-8-11-5-12(9-17)7-13(6-11)10-17/h1-4,11-13H,5-10H2,(H,19,20). The SMILES string of the molecule is O=C(NC12CC3CC(CC(C3)C1)C2)c1ccccc1Cl. The van der Waals surface area contributed by atoms with E-state index in [1.807, 2.05) is 18.2 Å². The van der Waals surface area contributed by atoms with E-state index in [0.29, 0.717) is 10.6 Å². The van der Waals surface area contributed by atoms with Gasteiger partial charge in [-0.25, -0.2) is 0 Å². The van der Waals surface area contributed by atoms with E-state index in [4.69, 9.17) is 11.6 Å². The molecule has 4 fully saturated rings. The van der Waals surface area contributed by atoms with Gasteiger partial charge in [0, 0.05) is 5.54 Å². The molecule has 4 saturated carbocycles. The number of halogens is 1. The molecule has 3 heteroatoms. The Bertz CT molecular complexity index is 518. The zero-order valence-corrected chi connectivity index (χ0v) is 12.3. The molecule has 4 aliphatic rings. The third kappa shape index (κ3) is 2.05. The van der Waals surface area contributed by atoms with Gasteiger partial charge in [0.25, 0.3) is 5.91 Å². The molecule has 0 radical (unpaired) electrons. The maximum absolute atomic E-state index is 12.6. The fourth-order valence-electron chi connectivity index (χ4n) is 5.22. The van der Waals surface area contributed by atoms with Gasteiger partial charge in [0.05, 0.1) is 10.6 Å². The van der Waals surface area contributed by atoms with Crippen LogP contribution in [0.3, 0.4) is 0 Å². The van der Waals surface area contributed by atoms with E-state index in [2.05, 4.69) is 5.32 Å². The smallest absolute Gasteiger partial charge is 0.253 e. The van der Waals surface area contributed by atoms with Crippen LogP contribution in [0.5, 0.6) is 0 Å². The first-order valence-corrected chi connectivity index (χ1v) is 8.08. The molecule has 1 amide bonds. The third-order valence-electron chi connectivity index (χ3n) is 5.54. The first-order chi connectivity index (χ1) is 9.63. The van der Waals surface area contributed by atoms with E-state index < -0.39 is 0 Å². The largest absolute Gasteiger partial charge is 0.347 e. The Balaban J connectivity index is 1.57. The van der Waals surface area contributed by atoms with Crippen LogP contribution in [-0.4, -0.2) is 11.4 Å². The highest BCUT2D eigenvalue weighted by molar-refractivity contribution is 6.33. The Morgan fingerprint density at radius 1 is 1.05 bits per heavy atom. The van der Waals surface area contributed by atoms with Crippen LogP contribution in [0.4, 0.5) is 0 Å². The van der Waals surface area contributed by atoms with E-state index in [9.17, 15) is 4.79 Å². The van der Waals surface area contributed by atoms with Crippen molar-refractivity contribution in [2.24, 2.45) is 17.8 Å². The van der Waals surface area contributed by atoms with Crippen LogP contribution in [-0.2, 0) is 0 Å². The van der Waals surface area contributed by atoms with Gasteiger partial charge < -0.3 is 5.32 Å². The predicted molar refractivity (Wildman–Crippen MR) is 79.8 cm³/mol. The molecule has 106 valence electrons. The predicted octanol–water partition coefficient (Wildman–Crippen LogP) is 4.04. The molecule has 20 heavy (non-hydrogen) atoms. The van der Waals surface area contributed by atoms with Crippen LogP contribution in [0.1, 0.15) is 48.9 Å². The average molecular weight is 290 g/mol. The normalized spacial score (nSPS) is 38.0. The summed E-state index contributed by atoms with van der Waals surface area (Å²) in [6, 6.07) is 7.35. The van der Waals surface area contributed by atoms with Crippen molar-refractivity contribution in [3.63, 3.8) is 0 Å². The monoisotopic (exact) mass is 289 g/mol. The van der Waals surface area contributed by atoms with E-state index in [1.165, 1.54) is 38.5 Å². The lowest BCUT2D eigenvalue weighted by Crippen LogP contribution is -2.59. The molecule has 4 aliphatic carbocycles. The summed E-state index contributed by atoms with van der Waals surface area (Å²) in [5.74, 6) is 2.53. The van der Waals surface area contributed by atoms with Gasteiger partial charge in [-0.1, -0.05) is 23.7 Å². The van der Waals surface area contributed by atoms with E-state index >= 15 is 0 Å². The highest BCUT2D eigenvalue weighted by atomic mass is 35.5. The maximum atomic E-state index is 12.6. The van der Waals surface area contributed by atoms with Crippen LogP contribution in [0.2, 0.25) is 5.02 Å². The molecule has 1 aromatic rings. The molecule has 1 aromatic carbocycles. The second-order valence-corrected chi connectivity index (χ2v) is 7.54. The molecule has 0 heterocycles. The first-order valence-electron chi connectivity index (χ1n) is 7.71. The van der Waals surface area contributed by atoms with Gasteiger partial charge in [0.1, 0.15) is 0 Å². The van der Waals surface area contributed by atoms with Crippen molar-refractivity contribution in [2.45, 2.75) is 44.1 Å². The minimum Gasteiger partial charge on any atom is -0.347 e. The summed E-state index contributed by atoms with van der Waals surface area (Å²) in [5, 5.41) is 3.91. The number of benzene rings is 1.